The van der Waals surface area contributed by atoms with Crippen LogP contribution in [0.4, 0.5) is 0 Å². The molecule has 0 radical (unpaired) electrons. The number of likely N-dealkylation sites (tertiary alicyclic amines) is 1. The molecule has 0 spiro atoms. The van der Waals surface area contributed by atoms with Gasteiger partial charge in [-0.05, 0) is 42.3 Å². The van der Waals surface area contributed by atoms with Crippen molar-refractivity contribution >= 4 is 40.7 Å². The Labute approximate surface area is 210 Å². The third-order valence-electron chi connectivity index (χ3n) is 6.07. The molecule has 33 heavy (non-hydrogen) atoms. The predicted octanol–water partition coefficient (Wildman–Crippen LogP) is 3.94. The Morgan fingerprint density at radius 3 is 2.58 bits per heavy atom. The maximum atomic E-state index is 12.5. The summed E-state index contributed by atoms with van der Waals surface area (Å²) in [4.78, 5) is 17.2. The van der Waals surface area contributed by atoms with Crippen LogP contribution in [0.5, 0.6) is 5.75 Å². The van der Waals surface area contributed by atoms with Crippen molar-refractivity contribution in [3.63, 3.8) is 0 Å². The molecule has 4 rings (SSSR count). The topological polar surface area (TPSA) is 56.8 Å². The molecule has 2 aromatic carbocycles. The molecular formula is C24H29Cl3N4O2. The minimum Gasteiger partial charge on any atom is -0.491 e. The highest BCUT2D eigenvalue weighted by Crippen LogP contribution is 2.27. The fraction of sp³-hybridized carbons (Fsp3) is 0.458. The summed E-state index contributed by atoms with van der Waals surface area (Å²) in [5.41, 5.74) is 1.65. The fourth-order valence-electron chi connectivity index (χ4n) is 4.24. The second-order valence-corrected chi connectivity index (χ2v) is 9.75. The van der Waals surface area contributed by atoms with Crippen LogP contribution in [0.25, 0.3) is 0 Å². The van der Waals surface area contributed by atoms with Crippen LogP contribution < -0.4 is 15.4 Å². The number of nitrogens with zero attached hydrogens (tertiary/aromatic N) is 2. The summed E-state index contributed by atoms with van der Waals surface area (Å²) in [5.74, 6) is 0.592. The molecule has 178 valence electrons. The van der Waals surface area contributed by atoms with Crippen molar-refractivity contribution in [3.8, 4) is 5.75 Å². The highest BCUT2D eigenvalue weighted by molar-refractivity contribution is 6.42. The first-order valence-electron chi connectivity index (χ1n) is 11.3. The highest BCUT2D eigenvalue weighted by Gasteiger charge is 2.24. The minimum absolute atomic E-state index is 0.0926. The number of benzene rings is 2. The molecule has 0 aliphatic carbocycles. The van der Waals surface area contributed by atoms with E-state index in [0.717, 1.165) is 70.1 Å². The summed E-state index contributed by atoms with van der Waals surface area (Å²) in [6.07, 6.45) is 0.897. The first-order valence-corrected chi connectivity index (χ1v) is 12.4. The molecule has 2 aliphatic heterocycles. The molecule has 2 saturated heterocycles. The zero-order chi connectivity index (χ0) is 23.2. The lowest BCUT2D eigenvalue weighted by molar-refractivity contribution is 0.0937. The lowest BCUT2D eigenvalue weighted by Crippen LogP contribution is -2.44. The van der Waals surface area contributed by atoms with Gasteiger partial charge in [-0.3, -0.25) is 14.6 Å². The van der Waals surface area contributed by atoms with E-state index in [2.05, 4.69) is 26.5 Å². The van der Waals surface area contributed by atoms with Crippen molar-refractivity contribution in [2.45, 2.75) is 19.0 Å². The van der Waals surface area contributed by atoms with E-state index in [0.29, 0.717) is 27.2 Å². The summed E-state index contributed by atoms with van der Waals surface area (Å²) in [5, 5.41) is 7.90. The Morgan fingerprint density at radius 1 is 1.00 bits per heavy atom. The highest BCUT2D eigenvalue weighted by atomic mass is 35.5. The molecule has 2 N–H and O–H groups in total. The van der Waals surface area contributed by atoms with Gasteiger partial charge in [0.25, 0.3) is 5.91 Å². The van der Waals surface area contributed by atoms with Gasteiger partial charge in [0.05, 0.1) is 15.1 Å². The van der Waals surface area contributed by atoms with Gasteiger partial charge in [0.2, 0.25) is 0 Å². The van der Waals surface area contributed by atoms with Gasteiger partial charge in [0, 0.05) is 64.0 Å². The van der Waals surface area contributed by atoms with E-state index in [9.17, 15) is 4.79 Å². The number of amides is 1. The van der Waals surface area contributed by atoms with E-state index in [1.165, 1.54) is 0 Å². The lowest BCUT2D eigenvalue weighted by atomic mass is 10.2. The minimum atomic E-state index is -0.134. The van der Waals surface area contributed by atoms with Crippen molar-refractivity contribution in [2.24, 2.45) is 0 Å². The van der Waals surface area contributed by atoms with Crippen LogP contribution >= 0.6 is 34.8 Å². The largest absolute Gasteiger partial charge is 0.491 e. The Morgan fingerprint density at radius 2 is 1.82 bits per heavy atom. The zero-order valence-corrected chi connectivity index (χ0v) is 20.7. The zero-order valence-electron chi connectivity index (χ0n) is 18.5. The fourth-order valence-corrected chi connectivity index (χ4v) is 4.79. The van der Waals surface area contributed by atoms with Crippen molar-refractivity contribution in [3.05, 3.63) is 62.6 Å². The first kappa shape index (κ1) is 24.6. The Kier molecular flexibility index (Phi) is 8.74. The molecule has 0 unspecified atom stereocenters. The third-order valence-corrected chi connectivity index (χ3v) is 7.10. The van der Waals surface area contributed by atoms with Gasteiger partial charge < -0.3 is 15.4 Å². The number of piperazine rings is 1. The maximum absolute atomic E-state index is 12.5. The van der Waals surface area contributed by atoms with E-state index in [1.807, 2.05) is 12.1 Å². The summed E-state index contributed by atoms with van der Waals surface area (Å²) in [6.45, 7) is 8.19. The molecule has 1 amide bonds. The van der Waals surface area contributed by atoms with Crippen molar-refractivity contribution in [1.29, 1.82) is 0 Å². The lowest BCUT2D eigenvalue weighted by Gasteiger charge is -2.27. The summed E-state index contributed by atoms with van der Waals surface area (Å²) in [7, 11) is 0. The second kappa shape index (κ2) is 11.7. The SMILES string of the molecule is O=C(N[C@H]1CCN(Cc2ccc(OCCN3CCNCC3)c(Cl)c2)C1)c1ccc(Cl)c(Cl)c1. The number of rotatable bonds is 8. The van der Waals surface area contributed by atoms with Crippen LogP contribution in [-0.2, 0) is 6.54 Å². The van der Waals surface area contributed by atoms with Gasteiger partial charge in [-0.1, -0.05) is 40.9 Å². The van der Waals surface area contributed by atoms with Crippen LogP contribution in [-0.4, -0.2) is 74.2 Å². The number of carbonyl (C=O) groups is 1. The van der Waals surface area contributed by atoms with E-state index < -0.39 is 0 Å². The summed E-state index contributed by atoms with van der Waals surface area (Å²) >= 11 is 18.5. The average molecular weight is 512 g/mol. The number of ether oxygens (including phenoxy) is 1. The molecule has 0 saturated carbocycles. The van der Waals surface area contributed by atoms with Crippen LogP contribution in [0.3, 0.4) is 0 Å². The number of halogens is 3. The van der Waals surface area contributed by atoms with Crippen LogP contribution in [0, 0.1) is 0 Å². The van der Waals surface area contributed by atoms with Gasteiger partial charge >= 0.3 is 0 Å². The van der Waals surface area contributed by atoms with Gasteiger partial charge in [-0.15, -0.1) is 0 Å². The van der Waals surface area contributed by atoms with Gasteiger partial charge in [0.1, 0.15) is 12.4 Å². The molecule has 0 bridgehead atoms. The molecule has 9 heteroatoms. The second-order valence-electron chi connectivity index (χ2n) is 8.53. The van der Waals surface area contributed by atoms with Crippen molar-refractivity contribution in [2.75, 3.05) is 52.4 Å². The number of nitrogens with one attached hydrogen (secondary N) is 2. The van der Waals surface area contributed by atoms with Crippen molar-refractivity contribution in [1.82, 2.24) is 20.4 Å². The molecular weight excluding hydrogens is 483 g/mol. The number of hydrogen-bond donors (Lipinski definition) is 2. The maximum Gasteiger partial charge on any atom is 0.251 e. The van der Waals surface area contributed by atoms with Crippen molar-refractivity contribution < 1.29 is 9.53 Å². The van der Waals surface area contributed by atoms with Crippen LogP contribution in [0.1, 0.15) is 22.3 Å². The van der Waals surface area contributed by atoms with E-state index in [4.69, 9.17) is 39.5 Å². The Balaban J connectivity index is 1.23. The molecule has 2 heterocycles. The molecule has 2 fully saturated rings. The van der Waals surface area contributed by atoms with E-state index in [-0.39, 0.29) is 11.9 Å². The standard InChI is InChI=1S/C24H29Cl3N4O2/c25-20-3-2-18(14-21(20)26)24(32)29-19-5-8-31(16-19)15-17-1-4-23(22(27)13-17)33-12-11-30-9-6-28-7-10-30/h1-4,13-14,19,28H,5-12,15-16H2,(H,29,32)/t19-/m0/s1. The molecule has 6 nitrogen and oxygen atoms in total. The monoisotopic (exact) mass is 510 g/mol. The van der Waals surface area contributed by atoms with Gasteiger partial charge in [-0.2, -0.15) is 0 Å². The first-order chi connectivity index (χ1) is 16.0. The predicted molar refractivity (Wildman–Crippen MR) is 134 cm³/mol. The summed E-state index contributed by atoms with van der Waals surface area (Å²) in [6, 6.07) is 11.0. The quantitative estimate of drug-likeness (QED) is 0.562. The van der Waals surface area contributed by atoms with Gasteiger partial charge in [-0.25, -0.2) is 0 Å². The normalized spacial score (nSPS) is 19.5. The van der Waals surface area contributed by atoms with Crippen LogP contribution in [0.2, 0.25) is 15.1 Å². The summed E-state index contributed by atoms with van der Waals surface area (Å²) < 4.78 is 5.91. The Bertz CT molecular complexity index is 969. The third kappa shape index (κ3) is 6.98. The average Bonchev–Trinajstić information content (AvgIpc) is 3.24. The molecule has 0 aromatic heterocycles. The molecule has 1 atom stereocenters. The van der Waals surface area contributed by atoms with Gasteiger partial charge in [0.15, 0.2) is 0 Å². The number of hydrogen-bond acceptors (Lipinski definition) is 5. The molecule has 2 aliphatic rings. The molecule has 2 aromatic rings. The van der Waals surface area contributed by atoms with Crippen LogP contribution in [0.15, 0.2) is 36.4 Å². The smallest absolute Gasteiger partial charge is 0.251 e. The van der Waals surface area contributed by atoms with E-state index >= 15 is 0 Å². The Hall–Kier alpha value is -1.54. The number of carbonyl (C=O) groups excluding carboxylic acids is 1. The van der Waals surface area contributed by atoms with E-state index in [1.54, 1.807) is 18.2 Å².